The molecule has 0 spiro atoms. The number of benzene rings is 8. The Morgan fingerprint density at radius 2 is 0.904 bits per heavy atom. The van der Waals surface area contributed by atoms with Crippen molar-refractivity contribution < 1.29 is 8.83 Å². The third kappa shape index (κ3) is 3.96. The van der Waals surface area contributed by atoms with E-state index in [2.05, 4.69) is 181 Å². The largest absolute Gasteiger partial charge is 0.456 e. The van der Waals surface area contributed by atoms with Crippen molar-refractivity contribution >= 4 is 60.9 Å². The average Bonchev–Trinajstić information content (AvgIpc) is 3.87. The van der Waals surface area contributed by atoms with E-state index in [0.29, 0.717) is 0 Å². The molecule has 0 saturated heterocycles. The first-order chi connectivity index (χ1) is 25.8. The fourth-order valence-electron chi connectivity index (χ4n) is 8.89. The second kappa shape index (κ2) is 11.1. The summed E-state index contributed by atoms with van der Waals surface area (Å²) >= 11 is 0. The molecule has 0 bridgehead atoms. The number of hydrogen-bond acceptors (Lipinski definition) is 3. The van der Waals surface area contributed by atoms with Gasteiger partial charge in [-0.2, -0.15) is 0 Å². The fourth-order valence-corrected chi connectivity index (χ4v) is 8.89. The first-order valence-electron chi connectivity index (χ1n) is 17.8. The van der Waals surface area contributed by atoms with E-state index in [-0.39, 0.29) is 0 Å². The molecule has 8 aromatic carbocycles. The number of hydrogen-bond donors (Lipinski definition) is 0. The number of fused-ring (bicyclic) bond motifs is 9. The van der Waals surface area contributed by atoms with Gasteiger partial charge in [-0.1, -0.05) is 140 Å². The highest BCUT2D eigenvalue weighted by Crippen LogP contribution is 2.59. The topological polar surface area (TPSA) is 29.5 Å². The Labute approximate surface area is 300 Å². The quantitative estimate of drug-likeness (QED) is 0.183. The molecule has 3 nitrogen and oxygen atoms in total. The van der Waals surface area contributed by atoms with Gasteiger partial charge in [-0.15, -0.1) is 0 Å². The molecule has 0 unspecified atom stereocenters. The number of furan rings is 2. The van der Waals surface area contributed by atoms with Gasteiger partial charge in [0.25, 0.3) is 0 Å². The van der Waals surface area contributed by atoms with Crippen LogP contribution in [0.25, 0.3) is 55.0 Å². The van der Waals surface area contributed by atoms with Crippen LogP contribution in [0.15, 0.2) is 197 Å². The molecule has 3 heteroatoms. The second-order valence-electron chi connectivity index (χ2n) is 13.6. The molecule has 0 amide bonds. The van der Waals surface area contributed by atoms with Crippen molar-refractivity contribution in [2.75, 3.05) is 4.90 Å². The van der Waals surface area contributed by atoms with Crippen molar-refractivity contribution in [1.82, 2.24) is 0 Å². The molecule has 2 aromatic heterocycles. The maximum atomic E-state index is 6.87. The van der Waals surface area contributed by atoms with E-state index in [9.17, 15) is 0 Å². The van der Waals surface area contributed by atoms with Gasteiger partial charge in [0.1, 0.15) is 22.3 Å². The van der Waals surface area contributed by atoms with Crippen LogP contribution < -0.4 is 4.90 Å². The Morgan fingerprint density at radius 3 is 1.60 bits per heavy atom. The fraction of sp³-hybridized carbons (Fsp3) is 0.0204. The molecule has 0 aliphatic heterocycles. The van der Waals surface area contributed by atoms with Crippen LogP contribution >= 0.6 is 0 Å². The van der Waals surface area contributed by atoms with E-state index >= 15 is 0 Å². The zero-order chi connectivity index (χ0) is 34.2. The van der Waals surface area contributed by atoms with Crippen molar-refractivity contribution in [3.8, 4) is 11.1 Å². The highest BCUT2D eigenvalue weighted by atomic mass is 16.3. The zero-order valence-corrected chi connectivity index (χ0v) is 28.2. The average molecular weight is 666 g/mol. The lowest BCUT2D eigenvalue weighted by atomic mass is 9.66. The Morgan fingerprint density at radius 1 is 0.365 bits per heavy atom. The van der Waals surface area contributed by atoms with E-state index in [0.717, 1.165) is 60.9 Å². The van der Waals surface area contributed by atoms with Gasteiger partial charge in [-0.3, -0.25) is 0 Å². The molecule has 2 heterocycles. The smallest absolute Gasteiger partial charge is 0.137 e. The van der Waals surface area contributed by atoms with Crippen LogP contribution in [0.5, 0.6) is 0 Å². The van der Waals surface area contributed by atoms with Gasteiger partial charge < -0.3 is 13.7 Å². The van der Waals surface area contributed by atoms with E-state index in [1.807, 2.05) is 12.1 Å². The zero-order valence-electron chi connectivity index (χ0n) is 28.2. The summed E-state index contributed by atoms with van der Waals surface area (Å²) in [6.45, 7) is 0. The highest BCUT2D eigenvalue weighted by molar-refractivity contribution is 6.15. The molecular weight excluding hydrogens is 635 g/mol. The second-order valence-corrected chi connectivity index (χ2v) is 13.6. The molecular formula is C49H31NO2. The van der Waals surface area contributed by atoms with Gasteiger partial charge in [-0.05, 0) is 75.8 Å². The molecule has 0 saturated carbocycles. The van der Waals surface area contributed by atoms with Gasteiger partial charge >= 0.3 is 0 Å². The standard InChI is InChI=1S/C49H31NO2/c1-3-16-32(17-4-1)49(39-24-11-7-20-35(39)36-21-8-12-25-40(36)49)41-30-34(31-46-47(41)37-22-9-13-27-43(37)52-46)50(33-18-5-2-6-19-33)42-26-15-29-45-48(42)38-23-10-14-28-44(38)51-45/h1-31H. The summed E-state index contributed by atoms with van der Waals surface area (Å²) < 4.78 is 13.3. The van der Waals surface area contributed by atoms with Crippen LogP contribution in [-0.2, 0) is 5.41 Å². The summed E-state index contributed by atoms with van der Waals surface area (Å²) in [5.41, 5.74) is 13.3. The van der Waals surface area contributed by atoms with Crippen LogP contribution in [0.1, 0.15) is 22.3 Å². The van der Waals surface area contributed by atoms with E-state index < -0.39 is 5.41 Å². The first-order valence-corrected chi connectivity index (χ1v) is 17.8. The molecule has 0 radical (unpaired) electrons. The van der Waals surface area contributed by atoms with E-state index in [1.54, 1.807) is 0 Å². The van der Waals surface area contributed by atoms with Crippen LogP contribution in [0.2, 0.25) is 0 Å². The molecule has 244 valence electrons. The molecule has 0 atom stereocenters. The van der Waals surface area contributed by atoms with Crippen molar-refractivity contribution in [3.63, 3.8) is 0 Å². The summed E-state index contributed by atoms with van der Waals surface area (Å²) in [6, 6.07) is 67.2. The van der Waals surface area contributed by atoms with Crippen molar-refractivity contribution in [2.45, 2.75) is 5.41 Å². The Kier molecular flexibility index (Phi) is 6.17. The van der Waals surface area contributed by atoms with Gasteiger partial charge in [0.15, 0.2) is 0 Å². The third-order valence-corrected chi connectivity index (χ3v) is 10.9. The van der Waals surface area contributed by atoms with E-state index in [4.69, 9.17) is 8.83 Å². The summed E-state index contributed by atoms with van der Waals surface area (Å²) in [4.78, 5) is 2.37. The number of para-hydroxylation sites is 3. The molecule has 1 aliphatic carbocycles. The summed E-state index contributed by atoms with van der Waals surface area (Å²) in [6.07, 6.45) is 0. The predicted octanol–water partition coefficient (Wildman–Crippen LogP) is 13.3. The summed E-state index contributed by atoms with van der Waals surface area (Å²) in [5, 5.41) is 4.38. The Balaban J connectivity index is 1.32. The molecule has 0 N–H and O–H groups in total. The summed E-state index contributed by atoms with van der Waals surface area (Å²) in [7, 11) is 0. The maximum absolute atomic E-state index is 6.87. The SMILES string of the molecule is c1ccc(N(c2cc(C3(c4ccccc4)c4ccccc4-c4ccccc43)c3c(c2)oc2ccccc23)c2cccc3oc4ccccc4c23)cc1. The van der Waals surface area contributed by atoms with Gasteiger partial charge in [0, 0.05) is 27.9 Å². The minimum atomic E-state index is -0.633. The van der Waals surface area contributed by atoms with Gasteiger partial charge in [0.2, 0.25) is 0 Å². The molecule has 11 rings (SSSR count). The lowest BCUT2D eigenvalue weighted by molar-refractivity contribution is 0.667. The Hall–Kier alpha value is -6.84. The van der Waals surface area contributed by atoms with Crippen molar-refractivity contribution in [3.05, 3.63) is 210 Å². The molecule has 10 aromatic rings. The monoisotopic (exact) mass is 665 g/mol. The highest BCUT2D eigenvalue weighted by Gasteiger charge is 2.47. The van der Waals surface area contributed by atoms with Crippen LogP contribution in [-0.4, -0.2) is 0 Å². The lowest BCUT2D eigenvalue weighted by Gasteiger charge is -2.35. The molecule has 1 aliphatic rings. The Bertz CT molecular complexity index is 2930. The van der Waals surface area contributed by atoms with Crippen LogP contribution in [0.3, 0.4) is 0 Å². The minimum Gasteiger partial charge on any atom is -0.456 e. The summed E-state index contributed by atoms with van der Waals surface area (Å²) in [5.74, 6) is 0. The number of nitrogens with zero attached hydrogens (tertiary/aromatic N) is 1. The predicted molar refractivity (Wildman–Crippen MR) is 213 cm³/mol. The van der Waals surface area contributed by atoms with Gasteiger partial charge in [-0.25, -0.2) is 0 Å². The van der Waals surface area contributed by atoms with Crippen LogP contribution in [0.4, 0.5) is 17.1 Å². The van der Waals surface area contributed by atoms with Crippen molar-refractivity contribution in [2.24, 2.45) is 0 Å². The maximum Gasteiger partial charge on any atom is 0.137 e. The molecule has 52 heavy (non-hydrogen) atoms. The van der Waals surface area contributed by atoms with Gasteiger partial charge in [0.05, 0.1) is 22.2 Å². The minimum absolute atomic E-state index is 0.633. The number of rotatable bonds is 5. The third-order valence-electron chi connectivity index (χ3n) is 10.9. The van der Waals surface area contributed by atoms with Crippen molar-refractivity contribution in [1.29, 1.82) is 0 Å². The normalized spacial score (nSPS) is 13.2. The number of anilines is 3. The lowest BCUT2D eigenvalue weighted by Crippen LogP contribution is -2.29. The first kappa shape index (κ1) is 28.9. The van der Waals surface area contributed by atoms with E-state index in [1.165, 1.54) is 33.4 Å². The molecule has 0 fully saturated rings. The van der Waals surface area contributed by atoms with Crippen LogP contribution in [0, 0.1) is 0 Å².